The van der Waals surface area contributed by atoms with Crippen molar-refractivity contribution in [1.82, 2.24) is 4.90 Å². The lowest BCUT2D eigenvalue weighted by atomic mass is 9.83. The monoisotopic (exact) mass is 525 g/mol. The van der Waals surface area contributed by atoms with Crippen molar-refractivity contribution in [3.8, 4) is 0 Å². The lowest BCUT2D eigenvalue weighted by molar-refractivity contribution is -0.166. The Bertz CT molecular complexity index is 1130. The van der Waals surface area contributed by atoms with Crippen molar-refractivity contribution in [2.45, 2.75) is 64.5 Å². The van der Waals surface area contributed by atoms with Crippen LogP contribution in [0.15, 0.2) is 48.5 Å². The Morgan fingerprint density at radius 2 is 1.59 bits per heavy atom. The molecule has 0 spiro atoms. The molecule has 1 saturated heterocycles. The minimum atomic E-state index is -3.53. The predicted octanol–water partition coefficient (Wildman–Crippen LogP) is 6.26. The number of sulfone groups is 1. The van der Waals surface area contributed by atoms with Crippen LogP contribution >= 0.6 is 23.2 Å². The number of ether oxygens (including phenoxy) is 1. The van der Waals surface area contributed by atoms with E-state index < -0.39 is 38.2 Å². The van der Waals surface area contributed by atoms with Crippen LogP contribution < -0.4 is 0 Å². The first kappa shape index (κ1) is 27.0. The van der Waals surface area contributed by atoms with Gasteiger partial charge in [-0.05, 0) is 61.6 Å². The molecular weight excluding hydrogens is 493 g/mol. The van der Waals surface area contributed by atoms with Crippen LogP contribution in [0.4, 0.5) is 0 Å². The SMILES string of the molecule is CC(C)(C)C(CS(=O)(=O)C(C)(C)C)N1C(=O)COC(c2cccc(Cl)c2)C1c1ccc(Cl)cc1. The van der Waals surface area contributed by atoms with Crippen LogP contribution in [-0.4, -0.2) is 42.4 Å². The van der Waals surface area contributed by atoms with Gasteiger partial charge in [0.1, 0.15) is 12.7 Å². The van der Waals surface area contributed by atoms with Crippen molar-refractivity contribution in [3.05, 3.63) is 69.7 Å². The third kappa shape index (κ3) is 5.78. The van der Waals surface area contributed by atoms with Crippen LogP contribution in [0.25, 0.3) is 0 Å². The zero-order valence-corrected chi connectivity index (χ0v) is 22.8. The van der Waals surface area contributed by atoms with E-state index in [0.717, 1.165) is 11.1 Å². The highest BCUT2D eigenvalue weighted by Crippen LogP contribution is 2.45. The number of halogens is 2. The average Bonchev–Trinajstić information content (AvgIpc) is 2.71. The van der Waals surface area contributed by atoms with Crippen molar-refractivity contribution in [2.24, 2.45) is 5.41 Å². The first-order valence-electron chi connectivity index (χ1n) is 11.3. The molecule has 8 heteroatoms. The molecule has 0 aliphatic carbocycles. The molecule has 3 atom stereocenters. The summed E-state index contributed by atoms with van der Waals surface area (Å²) in [6.45, 7) is 10.8. The van der Waals surface area contributed by atoms with Gasteiger partial charge in [0.05, 0.1) is 22.6 Å². The van der Waals surface area contributed by atoms with Crippen LogP contribution in [0.5, 0.6) is 0 Å². The van der Waals surface area contributed by atoms with Crippen molar-refractivity contribution >= 4 is 38.9 Å². The lowest BCUT2D eigenvalue weighted by Gasteiger charge is -2.49. The molecule has 186 valence electrons. The summed E-state index contributed by atoms with van der Waals surface area (Å²) < 4.78 is 31.8. The summed E-state index contributed by atoms with van der Waals surface area (Å²) in [4.78, 5) is 15.2. The molecule has 5 nitrogen and oxygen atoms in total. The van der Waals surface area contributed by atoms with Crippen LogP contribution in [0.2, 0.25) is 10.0 Å². The van der Waals surface area contributed by atoms with E-state index in [1.165, 1.54) is 0 Å². The molecule has 2 aromatic rings. The minimum absolute atomic E-state index is 0.149. The molecule has 0 saturated carbocycles. The molecule has 0 bridgehead atoms. The van der Waals surface area contributed by atoms with Gasteiger partial charge in [-0.3, -0.25) is 4.79 Å². The topological polar surface area (TPSA) is 63.7 Å². The molecule has 3 rings (SSSR count). The second kappa shape index (κ2) is 9.81. The fourth-order valence-electron chi connectivity index (χ4n) is 4.16. The fourth-order valence-corrected chi connectivity index (χ4v) is 6.06. The molecule has 1 aliphatic rings. The number of morpholine rings is 1. The van der Waals surface area contributed by atoms with Crippen molar-refractivity contribution in [3.63, 3.8) is 0 Å². The van der Waals surface area contributed by atoms with Gasteiger partial charge in [-0.25, -0.2) is 8.42 Å². The highest BCUT2D eigenvalue weighted by atomic mass is 35.5. The maximum absolute atomic E-state index is 13.5. The summed E-state index contributed by atoms with van der Waals surface area (Å²) in [6, 6.07) is 13.4. The van der Waals surface area contributed by atoms with Gasteiger partial charge in [-0.2, -0.15) is 0 Å². The van der Waals surface area contributed by atoms with E-state index in [1.54, 1.807) is 43.9 Å². The Labute approximate surface area is 213 Å². The number of benzene rings is 2. The largest absolute Gasteiger partial charge is 0.361 e. The molecule has 34 heavy (non-hydrogen) atoms. The quantitative estimate of drug-likeness (QED) is 0.461. The fraction of sp³-hybridized carbons (Fsp3) is 0.500. The Morgan fingerprint density at radius 1 is 0.971 bits per heavy atom. The van der Waals surface area contributed by atoms with Gasteiger partial charge in [0.15, 0.2) is 9.84 Å². The minimum Gasteiger partial charge on any atom is -0.361 e. The number of nitrogens with zero attached hydrogens (tertiary/aromatic N) is 1. The summed E-state index contributed by atoms with van der Waals surface area (Å²) in [5.41, 5.74) is 1.11. The summed E-state index contributed by atoms with van der Waals surface area (Å²) in [7, 11) is -3.53. The van der Waals surface area contributed by atoms with E-state index in [4.69, 9.17) is 27.9 Å². The maximum Gasteiger partial charge on any atom is 0.249 e. The molecular formula is C26H33Cl2NO4S. The predicted molar refractivity (Wildman–Crippen MR) is 138 cm³/mol. The molecule has 1 heterocycles. The standard InChI is InChI=1S/C26H33Cl2NO4S/c1-25(2,3)21(16-34(31,32)26(4,5)6)29-22(30)15-33-24(18-8-7-9-20(28)14-18)23(29)17-10-12-19(27)13-11-17/h7-14,21,23-24H,15-16H2,1-6H3. The highest BCUT2D eigenvalue weighted by molar-refractivity contribution is 7.92. The first-order chi connectivity index (χ1) is 15.6. The second-order valence-electron chi connectivity index (χ2n) is 10.9. The third-order valence-corrected chi connectivity index (χ3v) is 9.40. The summed E-state index contributed by atoms with van der Waals surface area (Å²) in [5.74, 6) is -0.403. The van der Waals surface area contributed by atoms with Gasteiger partial charge in [0.25, 0.3) is 0 Å². The van der Waals surface area contributed by atoms with Gasteiger partial charge >= 0.3 is 0 Å². The van der Waals surface area contributed by atoms with Crippen molar-refractivity contribution < 1.29 is 17.9 Å². The second-order valence-corrected chi connectivity index (χ2v) is 14.5. The van der Waals surface area contributed by atoms with Gasteiger partial charge < -0.3 is 9.64 Å². The Morgan fingerprint density at radius 3 is 2.12 bits per heavy atom. The smallest absolute Gasteiger partial charge is 0.249 e. The zero-order chi connectivity index (χ0) is 25.5. The van der Waals surface area contributed by atoms with Gasteiger partial charge in [-0.15, -0.1) is 0 Å². The molecule has 1 aliphatic heterocycles. The van der Waals surface area contributed by atoms with Crippen LogP contribution in [0, 0.1) is 5.41 Å². The first-order valence-corrected chi connectivity index (χ1v) is 13.7. The van der Waals surface area contributed by atoms with E-state index in [0.29, 0.717) is 10.0 Å². The van der Waals surface area contributed by atoms with E-state index in [-0.39, 0.29) is 18.3 Å². The maximum atomic E-state index is 13.5. The molecule has 2 aromatic carbocycles. The number of carbonyl (C=O) groups is 1. The number of rotatable bonds is 5. The summed E-state index contributed by atoms with van der Waals surface area (Å²) in [6.07, 6.45) is -0.528. The van der Waals surface area contributed by atoms with Crippen molar-refractivity contribution in [1.29, 1.82) is 0 Å². The molecule has 0 aromatic heterocycles. The van der Waals surface area contributed by atoms with Crippen LogP contribution in [-0.2, 0) is 19.4 Å². The lowest BCUT2D eigenvalue weighted by Crippen LogP contribution is -2.58. The average molecular weight is 527 g/mol. The Hall–Kier alpha value is -1.60. The molecule has 1 fully saturated rings. The zero-order valence-electron chi connectivity index (χ0n) is 20.5. The van der Waals surface area contributed by atoms with Crippen LogP contribution in [0.3, 0.4) is 0 Å². The van der Waals surface area contributed by atoms with Crippen LogP contribution in [0.1, 0.15) is 64.8 Å². The van der Waals surface area contributed by atoms with E-state index in [2.05, 4.69) is 0 Å². The van der Waals surface area contributed by atoms with Gasteiger partial charge in [0, 0.05) is 10.0 Å². The summed E-state index contributed by atoms with van der Waals surface area (Å²) in [5, 5.41) is 1.13. The molecule has 3 unspecified atom stereocenters. The summed E-state index contributed by atoms with van der Waals surface area (Å²) >= 11 is 12.4. The highest BCUT2D eigenvalue weighted by Gasteiger charge is 2.48. The number of hydrogen-bond donors (Lipinski definition) is 0. The van der Waals surface area contributed by atoms with E-state index in [1.807, 2.05) is 51.1 Å². The Kier molecular flexibility index (Phi) is 7.79. The van der Waals surface area contributed by atoms with Crippen molar-refractivity contribution in [2.75, 3.05) is 12.4 Å². The van der Waals surface area contributed by atoms with Gasteiger partial charge in [0.2, 0.25) is 5.91 Å². The third-order valence-electron chi connectivity index (χ3n) is 6.30. The molecule has 1 amide bonds. The normalized spacial score (nSPS) is 20.9. The number of hydrogen-bond acceptors (Lipinski definition) is 4. The number of carbonyl (C=O) groups excluding carboxylic acids is 1. The molecule has 0 radical (unpaired) electrons. The van der Waals surface area contributed by atoms with Gasteiger partial charge in [-0.1, -0.05) is 68.2 Å². The number of amides is 1. The Balaban J connectivity index is 2.20. The van der Waals surface area contributed by atoms with E-state index in [9.17, 15) is 13.2 Å². The molecule has 0 N–H and O–H groups in total. The van der Waals surface area contributed by atoms with E-state index >= 15 is 0 Å².